The molecule has 3 saturated carbocycles. The van der Waals surface area contributed by atoms with E-state index in [9.17, 15) is 19.1 Å². The van der Waals surface area contributed by atoms with Gasteiger partial charge in [-0.15, -0.1) is 11.7 Å². The molecule has 210 valence electrons. The SMILES string of the molecule is C=C[C@]1(C)C[C@@H](OC(=O)CSc2n[nH]c(-c3cccc(F)c3)n2)[C@]2(C)[C@H](C)CC[C@]3(CCC(=O)[C@H]32)[C@@H](C)[C@@H]1O. The van der Waals surface area contributed by atoms with Crippen LogP contribution in [0.3, 0.4) is 0 Å². The lowest BCUT2D eigenvalue weighted by Gasteiger charge is -2.61. The first-order chi connectivity index (χ1) is 18.4. The summed E-state index contributed by atoms with van der Waals surface area (Å²) in [6.07, 6.45) is 4.00. The highest BCUT2D eigenvalue weighted by Crippen LogP contribution is 2.68. The first kappa shape index (κ1) is 28.0. The van der Waals surface area contributed by atoms with E-state index in [0.717, 1.165) is 31.0 Å². The van der Waals surface area contributed by atoms with Crippen molar-refractivity contribution < 1.29 is 23.8 Å². The molecule has 0 saturated heterocycles. The number of benzene rings is 1. The highest BCUT2D eigenvalue weighted by Gasteiger charge is 2.68. The maximum absolute atomic E-state index is 13.6. The van der Waals surface area contributed by atoms with E-state index in [4.69, 9.17) is 4.74 Å². The number of nitrogens with one attached hydrogen (secondary N) is 1. The number of aliphatic hydroxyl groups excluding tert-OH is 1. The quantitative estimate of drug-likeness (QED) is 0.271. The van der Waals surface area contributed by atoms with Crippen LogP contribution in [0.5, 0.6) is 0 Å². The normalized spacial score (nSPS) is 38.0. The second-order valence-electron chi connectivity index (χ2n) is 12.3. The molecule has 39 heavy (non-hydrogen) atoms. The molecule has 7 nitrogen and oxygen atoms in total. The van der Waals surface area contributed by atoms with Gasteiger partial charge in [0, 0.05) is 28.7 Å². The third-order valence-electron chi connectivity index (χ3n) is 10.5. The van der Waals surface area contributed by atoms with Crippen molar-refractivity contribution in [3.63, 3.8) is 0 Å². The topological polar surface area (TPSA) is 105 Å². The van der Waals surface area contributed by atoms with Gasteiger partial charge in [0.05, 0.1) is 11.9 Å². The number of aromatic nitrogens is 3. The van der Waals surface area contributed by atoms with Crippen LogP contribution in [0, 0.1) is 39.8 Å². The molecule has 0 amide bonds. The average Bonchev–Trinajstić information content (AvgIpc) is 3.53. The van der Waals surface area contributed by atoms with Gasteiger partial charge in [-0.05, 0) is 55.1 Å². The molecule has 0 aliphatic heterocycles. The number of halogens is 1. The summed E-state index contributed by atoms with van der Waals surface area (Å²) in [7, 11) is 0. The Labute approximate surface area is 233 Å². The van der Waals surface area contributed by atoms with Gasteiger partial charge in [-0.3, -0.25) is 14.7 Å². The van der Waals surface area contributed by atoms with Crippen molar-refractivity contribution >= 4 is 23.5 Å². The van der Waals surface area contributed by atoms with E-state index in [-0.39, 0.29) is 40.5 Å². The minimum absolute atomic E-state index is 0.0189. The van der Waals surface area contributed by atoms with E-state index in [1.807, 2.05) is 6.92 Å². The number of hydrogen-bond acceptors (Lipinski definition) is 7. The summed E-state index contributed by atoms with van der Waals surface area (Å²) in [5, 5.41) is 18.9. The number of aromatic amines is 1. The Morgan fingerprint density at radius 1 is 1.33 bits per heavy atom. The number of aliphatic hydroxyl groups is 1. The Morgan fingerprint density at radius 2 is 2.10 bits per heavy atom. The number of esters is 1. The molecule has 3 aliphatic rings. The average molecular weight is 556 g/mol. The molecule has 2 aromatic rings. The Bertz CT molecular complexity index is 1280. The number of hydrogen-bond donors (Lipinski definition) is 2. The monoisotopic (exact) mass is 555 g/mol. The Hall–Kier alpha value is -2.52. The summed E-state index contributed by atoms with van der Waals surface area (Å²) in [6, 6.07) is 6.04. The third-order valence-corrected chi connectivity index (χ3v) is 11.3. The second kappa shape index (κ2) is 10.1. The molecule has 2 bridgehead atoms. The maximum Gasteiger partial charge on any atom is 0.316 e. The van der Waals surface area contributed by atoms with Gasteiger partial charge in [-0.1, -0.05) is 57.7 Å². The maximum atomic E-state index is 13.6. The molecule has 5 rings (SSSR count). The first-order valence-electron chi connectivity index (χ1n) is 13.8. The number of rotatable bonds is 6. The van der Waals surface area contributed by atoms with E-state index >= 15 is 0 Å². The van der Waals surface area contributed by atoms with Crippen LogP contribution in [0.25, 0.3) is 11.4 Å². The van der Waals surface area contributed by atoms with Crippen LogP contribution in [-0.4, -0.2) is 50.0 Å². The summed E-state index contributed by atoms with van der Waals surface area (Å²) < 4.78 is 19.9. The molecule has 1 aromatic heterocycles. The number of Topliss-reactive ketones (excluding diaryl/α,β-unsaturated/α-hetero) is 1. The Kier molecular flexibility index (Phi) is 7.29. The van der Waals surface area contributed by atoms with Gasteiger partial charge in [0.15, 0.2) is 5.82 Å². The third kappa shape index (κ3) is 4.55. The fourth-order valence-corrected chi connectivity index (χ4v) is 8.47. The number of ether oxygens (including phenoxy) is 1. The molecule has 0 spiro atoms. The summed E-state index contributed by atoms with van der Waals surface area (Å²) in [5.74, 6) is -0.347. The van der Waals surface area contributed by atoms with E-state index in [1.54, 1.807) is 18.2 Å². The zero-order valence-corrected chi connectivity index (χ0v) is 23.9. The van der Waals surface area contributed by atoms with Crippen molar-refractivity contribution in [3.05, 3.63) is 42.7 Å². The van der Waals surface area contributed by atoms with E-state index in [0.29, 0.717) is 29.4 Å². The number of ketones is 1. The summed E-state index contributed by atoms with van der Waals surface area (Å²) in [5.41, 5.74) is -0.983. The number of carbonyl (C=O) groups is 2. The van der Waals surface area contributed by atoms with Crippen LogP contribution in [0.15, 0.2) is 42.1 Å². The molecule has 9 heteroatoms. The standard InChI is InChI=1S/C30H38FN3O4S/c1-6-28(4)15-22(29(5)17(2)10-12-30(18(3)25(28)37)13-11-21(35)24(29)30)38-23(36)16-39-27-32-26(33-34-27)19-8-7-9-20(31)14-19/h6-9,14,17-18,22,24-25,37H,1,10-13,15-16H2,2-5H3,(H,32,33,34)/t17-,18+,22-,24+,25+,28-,29+,30+/m1/s1. The molecule has 1 heterocycles. The zero-order chi connectivity index (χ0) is 28.2. The molecule has 0 unspecified atom stereocenters. The van der Waals surface area contributed by atoms with Crippen LogP contribution in [0.1, 0.15) is 59.8 Å². The minimum atomic E-state index is -0.702. The van der Waals surface area contributed by atoms with Crippen LogP contribution in [-0.2, 0) is 14.3 Å². The second-order valence-corrected chi connectivity index (χ2v) is 13.3. The van der Waals surface area contributed by atoms with Gasteiger partial charge in [-0.25, -0.2) is 9.37 Å². The van der Waals surface area contributed by atoms with Gasteiger partial charge in [-0.2, -0.15) is 0 Å². The largest absolute Gasteiger partial charge is 0.461 e. The van der Waals surface area contributed by atoms with E-state index < -0.39 is 29.0 Å². The Morgan fingerprint density at radius 3 is 2.82 bits per heavy atom. The number of H-pyrrole nitrogens is 1. The van der Waals surface area contributed by atoms with Crippen LogP contribution in [0.2, 0.25) is 0 Å². The van der Waals surface area contributed by atoms with Crippen molar-refractivity contribution in [3.8, 4) is 11.4 Å². The predicted octanol–water partition coefficient (Wildman–Crippen LogP) is 5.61. The molecule has 2 N–H and O–H groups in total. The van der Waals surface area contributed by atoms with Gasteiger partial charge < -0.3 is 9.84 Å². The van der Waals surface area contributed by atoms with Gasteiger partial charge >= 0.3 is 5.97 Å². The van der Waals surface area contributed by atoms with Crippen molar-refractivity contribution in [2.75, 3.05) is 5.75 Å². The summed E-state index contributed by atoms with van der Waals surface area (Å²) in [4.78, 5) is 31.2. The zero-order valence-electron chi connectivity index (χ0n) is 23.1. The van der Waals surface area contributed by atoms with Crippen LogP contribution < -0.4 is 0 Å². The lowest BCUT2D eigenvalue weighted by Crippen LogP contribution is -2.63. The van der Waals surface area contributed by atoms with Crippen molar-refractivity contribution in [2.24, 2.45) is 34.0 Å². The summed E-state index contributed by atoms with van der Waals surface area (Å²) >= 11 is 1.14. The van der Waals surface area contributed by atoms with E-state index in [2.05, 4.69) is 42.5 Å². The van der Waals surface area contributed by atoms with Crippen molar-refractivity contribution in [1.29, 1.82) is 0 Å². The van der Waals surface area contributed by atoms with Crippen molar-refractivity contribution in [1.82, 2.24) is 15.2 Å². The number of nitrogens with zero attached hydrogens (tertiary/aromatic N) is 2. The van der Waals surface area contributed by atoms with Crippen molar-refractivity contribution in [2.45, 2.75) is 77.2 Å². The van der Waals surface area contributed by atoms with Crippen LogP contribution >= 0.6 is 11.8 Å². The highest BCUT2D eigenvalue weighted by molar-refractivity contribution is 7.99. The van der Waals surface area contributed by atoms with Gasteiger partial charge in [0.2, 0.25) is 5.16 Å². The molecule has 3 fully saturated rings. The number of carbonyl (C=O) groups excluding carboxylic acids is 2. The molecule has 1 aromatic carbocycles. The smallest absolute Gasteiger partial charge is 0.316 e. The highest BCUT2D eigenvalue weighted by atomic mass is 32.2. The lowest BCUT2D eigenvalue weighted by atomic mass is 9.44. The molecule has 8 atom stereocenters. The first-order valence-corrected chi connectivity index (χ1v) is 14.8. The summed E-state index contributed by atoms with van der Waals surface area (Å²) in [6.45, 7) is 12.4. The molecular formula is C30H38FN3O4S. The predicted molar refractivity (Wildman–Crippen MR) is 147 cm³/mol. The fraction of sp³-hybridized carbons (Fsp3) is 0.600. The number of thioether (sulfide) groups is 1. The lowest BCUT2D eigenvalue weighted by molar-refractivity contribution is -0.205. The Balaban J connectivity index is 1.39. The van der Waals surface area contributed by atoms with Gasteiger partial charge in [0.1, 0.15) is 17.7 Å². The fourth-order valence-electron chi connectivity index (χ4n) is 7.89. The van der Waals surface area contributed by atoms with E-state index in [1.165, 1.54) is 12.1 Å². The minimum Gasteiger partial charge on any atom is -0.461 e. The molecular weight excluding hydrogens is 517 g/mol. The molecule has 3 aliphatic carbocycles. The molecule has 0 radical (unpaired) electrons. The van der Waals surface area contributed by atoms with Crippen LogP contribution in [0.4, 0.5) is 4.39 Å². The van der Waals surface area contributed by atoms with Gasteiger partial charge in [0.25, 0.3) is 0 Å².